The second-order valence-electron chi connectivity index (χ2n) is 5.21. The monoisotopic (exact) mass is 480 g/mol. The number of hydrogen-bond donors (Lipinski definition) is 2. The van der Waals surface area contributed by atoms with Crippen molar-refractivity contribution < 1.29 is 36.2 Å². The van der Waals surface area contributed by atoms with Crippen LogP contribution in [0.1, 0.15) is 5.56 Å². The van der Waals surface area contributed by atoms with Crippen LogP contribution in [-0.2, 0) is 6.18 Å². The summed E-state index contributed by atoms with van der Waals surface area (Å²) in [6, 6.07) is -0.0799. The smallest absolute Gasteiger partial charge is 0.404 e. The molecule has 30 heavy (non-hydrogen) atoms. The second kappa shape index (κ2) is 8.79. The zero-order valence-corrected chi connectivity index (χ0v) is 15.6. The Kier molecular flexibility index (Phi) is 7.33. The van der Waals surface area contributed by atoms with Gasteiger partial charge < -0.3 is 11.1 Å². The lowest BCUT2D eigenvalue weighted by Crippen LogP contribution is -2.13. The third-order valence-corrected chi connectivity index (χ3v) is 3.98. The number of nitrogens with one attached hydrogen (secondary N) is 1. The van der Waals surface area contributed by atoms with Crippen LogP contribution < -0.4 is 11.1 Å². The largest absolute Gasteiger partial charge is 0.418 e. The molecule has 0 saturated carbocycles. The van der Waals surface area contributed by atoms with Crippen LogP contribution in [0.4, 0.5) is 43.4 Å². The number of nitro groups is 2. The summed E-state index contributed by atoms with van der Waals surface area (Å²) < 4.78 is 77.2. The second-order valence-corrected chi connectivity index (χ2v) is 5.99. The highest BCUT2D eigenvalue weighted by Crippen LogP contribution is 2.48. The number of anilines is 1. The van der Waals surface area contributed by atoms with Crippen LogP contribution in [-0.4, -0.2) is 16.0 Å². The van der Waals surface area contributed by atoms with E-state index < -0.39 is 66.1 Å². The summed E-state index contributed by atoms with van der Waals surface area (Å²) in [5.41, 5.74) is -3.46. The van der Waals surface area contributed by atoms with Crippen LogP contribution in [0.3, 0.4) is 0 Å². The first-order valence-corrected chi connectivity index (χ1v) is 7.83. The molecule has 0 amide bonds. The van der Waals surface area contributed by atoms with Gasteiger partial charge in [0.05, 0.1) is 31.7 Å². The number of halogens is 8. The molecule has 0 aliphatic carbocycles. The molecule has 164 valence electrons. The number of benzene rings is 1. The van der Waals surface area contributed by atoms with Gasteiger partial charge in [-0.2, -0.15) is 26.3 Å². The van der Waals surface area contributed by atoms with Gasteiger partial charge in [-0.3, -0.25) is 20.2 Å². The van der Waals surface area contributed by atoms with Crippen molar-refractivity contribution in [2.75, 3.05) is 5.32 Å². The normalized spacial score (nSPS) is 13.2. The lowest BCUT2D eigenvalue weighted by Gasteiger charge is -2.15. The number of alkyl halides is 6. The number of rotatable bonds is 6. The van der Waals surface area contributed by atoms with Crippen molar-refractivity contribution in [1.29, 1.82) is 0 Å². The molecule has 0 fully saturated rings. The van der Waals surface area contributed by atoms with Crippen molar-refractivity contribution in [3.8, 4) is 0 Å². The SMILES string of the molecule is C=C(Nc1c([N+](=O)[O-])cc(C(F)(F)F)c(Cl)c1[N+](=O)[O-])/C(Cl)=C\C(=C/N)C(F)(F)F. The fourth-order valence-corrected chi connectivity index (χ4v) is 2.42. The molecule has 3 N–H and O–H groups in total. The van der Waals surface area contributed by atoms with E-state index in [1.54, 1.807) is 0 Å². The fraction of sp³-hybridized carbons (Fsp3) is 0.143. The highest BCUT2D eigenvalue weighted by molar-refractivity contribution is 6.34. The molecule has 0 spiro atoms. The summed E-state index contributed by atoms with van der Waals surface area (Å²) in [5, 5.41) is 21.9. The van der Waals surface area contributed by atoms with Crippen molar-refractivity contribution >= 4 is 40.3 Å². The van der Waals surface area contributed by atoms with Gasteiger partial charge in [-0.25, -0.2) is 0 Å². The predicted molar refractivity (Wildman–Crippen MR) is 94.8 cm³/mol. The standard InChI is InChI=1S/C14H8Cl2F6N4O4/c1-5(8(15)2-6(4-23)13(17,18)19)24-11-9(25(27)28)3-7(14(20,21)22)10(16)12(11)26(29)30/h2-4,24H,1,23H2/b6-4+,8-2+. The van der Waals surface area contributed by atoms with Crippen LogP contribution in [0.5, 0.6) is 0 Å². The molecular weight excluding hydrogens is 473 g/mol. The molecule has 0 unspecified atom stereocenters. The topological polar surface area (TPSA) is 124 Å². The Morgan fingerprint density at radius 2 is 1.70 bits per heavy atom. The summed E-state index contributed by atoms with van der Waals surface area (Å²) in [5.74, 6) is 0. The van der Waals surface area contributed by atoms with E-state index in [0.29, 0.717) is 0 Å². The van der Waals surface area contributed by atoms with Gasteiger partial charge in [-0.1, -0.05) is 29.8 Å². The van der Waals surface area contributed by atoms with Crippen molar-refractivity contribution in [2.45, 2.75) is 12.4 Å². The van der Waals surface area contributed by atoms with Gasteiger partial charge in [0.2, 0.25) is 0 Å². The first kappa shape index (κ1) is 25.0. The summed E-state index contributed by atoms with van der Waals surface area (Å²) in [4.78, 5) is 19.6. The molecule has 0 aromatic heterocycles. The van der Waals surface area contributed by atoms with E-state index in [0.717, 1.165) is 0 Å². The minimum Gasteiger partial charge on any atom is -0.404 e. The average molecular weight is 481 g/mol. The van der Waals surface area contributed by atoms with E-state index in [1.807, 2.05) is 5.32 Å². The first-order valence-electron chi connectivity index (χ1n) is 7.07. The maximum absolute atomic E-state index is 13.0. The van der Waals surface area contributed by atoms with Gasteiger partial charge >= 0.3 is 23.7 Å². The van der Waals surface area contributed by atoms with Gasteiger partial charge in [0.15, 0.2) is 5.69 Å². The maximum atomic E-state index is 13.0. The van der Waals surface area contributed by atoms with Crippen LogP contribution >= 0.6 is 23.2 Å². The average Bonchev–Trinajstić information content (AvgIpc) is 2.56. The Morgan fingerprint density at radius 3 is 2.07 bits per heavy atom. The molecule has 0 heterocycles. The molecule has 0 aliphatic rings. The van der Waals surface area contributed by atoms with Crippen molar-refractivity contribution in [2.24, 2.45) is 5.73 Å². The molecule has 0 saturated heterocycles. The van der Waals surface area contributed by atoms with E-state index in [2.05, 4.69) is 6.58 Å². The van der Waals surface area contributed by atoms with Gasteiger partial charge in [-0.15, -0.1) is 0 Å². The minimum atomic E-state index is -5.28. The van der Waals surface area contributed by atoms with E-state index in [4.69, 9.17) is 28.9 Å². The van der Waals surface area contributed by atoms with Gasteiger partial charge in [-0.05, 0) is 6.08 Å². The fourth-order valence-electron chi connectivity index (χ4n) is 1.93. The van der Waals surface area contributed by atoms with E-state index in [-0.39, 0.29) is 18.3 Å². The molecule has 1 aromatic rings. The zero-order valence-electron chi connectivity index (χ0n) is 14.1. The van der Waals surface area contributed by atoms with Crippen LogP contribution in [0.2, 0.25) is 5.02 Å². The molecule has 16 heteroatoms. The van der Waals surface area contributed by atoms with Gasteiger partial charge in [0, 0.05) is 12.3 Å². The Balaban J connectivity index is 3.66. The lowest BCUT2D eigenvalue weighted by atomic mass is 10.1. The molecule has 8 nitrogen and oxygen atoms in total. The molecule has 0 atom stereocenters. The highest BCUT2D eigenvalue weighted by Gasteiger charge is 2.42. The molecule has 1 rings (SSSR count). The molecule has 0 bridgehead atoms. The summed E-state index contributed by atoms with van der Waals surface area (Å²) in [6.45, 7) is 3.16. The number of nitro benzene ring substituents is 2. The van der Waals surface area contributed by atoms with E-state index in [1.165, 1.54) is 0 Å². The number of nitrogens with zero attached hydrogens (tertiary/aromatic N) is 2. The Hall–Kier alpha value is -3.00. The van der Waals surface area contributed by atoms with Gasteiger partial charge in [0.25, 0.3) is 0 Å². The molecule has 1 aromatic carbocycles. The Morgan fingerprint density at radius 1 is 1.17 bits per heavy atom. The molecule has 0 aliphatic heterocycles. The Bertz CT molecular complexity index is 973. The number of hydrogen-bond acceptors (Lipinski definition) is 6. The van der Waals surface area contributed by atoms with Crippen LogP contribution in [0.25, 0.3) is 0 Å². The number of allylic oxidation sites excluding steroid dienone is 3. The lowest BCUT2D eigenvalue weighted by molar-refractivity contribution is -0.392. The number of nitrogens with two attached hydrogens (primary N) is 1. The quantitative estimate of drug-likeness (QED) is 0.235. The minimum absolute atomic E-state index is 0.0799. The predicted octanol–water partition coefficient (Wildman–Crippen LogP) is 5.63. The third-order valence-electron chi connectivity index (χ3n) is 3.26. The first-order chi connectivity index (χ1) is 13.5. The van der Waals surface area contributed by atoms with E-state index >= 15 is 0 Å². The summed E-state index contributed by atoms with van der Waals surface area (Å²) >= 11 is 11.0. The van der Waals surface area contributed by atoms with Crippen molar-refractivity contribution in [3.63, 3.8) is 0 Å². The van der Waals surface area contributed by atoms with Crippen molar-refractivity contribution in [1.82, 2.24) is 0 Å². The van der Waals surface area contributed by atoms with E-state index in [9.17, 15) is 46.6 Å². The van der Waals surface area contributed by atoms with Crippen LogP contribution in [0.15, 0.2) is 41.2 Å². The third kappa shape index (κ3) is 5.54. The summed E-state index contributed by atoms with van der Waals surface area (Å²) in [6.07, 6.45) is -9.87. The molecular formula is C14H8Cl2F6N4O4. The maximum Gasteiger partial charge on any atom is 0.418 e. The molecule has 0 radical (unpaired) electrons. The Labute approximate surface area is 172 Å². The van der Waals surface area contributed by atoms with Crippen LogP contribution in [0, 0.1) is 20.2 Å². The highest BCUT2D eigenvalue weighted by atomic mass is 35.5. The zero-order chi connectivity index (χ0) is 23.6. The van der Waals surface area contributed by atoms with Gasteiger partial charge in [0.1, 0.15) is 5.02 Å². The van der Waals surface area contributed by atoms with Crippen molar-refractivity contribution in [3.05, 3.63) is 72.0 Å². The summed E-state index contributed by atoms with van der Waals surface area (Å²) in [7, 11) is 0.